The summed E-state index contributed by atoms with van der Waals surface area (Å²) in [6.07, 6.45) is 3.48. The largest absolute Gasteiger partial charge is 0.497 e. The summed E-state index contributed by atoms with van der Waals surface area (Å²) in [6, 6.07) is 22.7. The SMILES string of the molecule is COc1ccc(-n2cccc2/C=C(/C#N)C(=O)N[C@@H](C)c2ccccc2)cc1. The van der Waals surface area contributed by atoms with Gasteiger partial charge in [-0.3, -0.25) is 4.79 Å². The van der Waals surface area contributed by atoms with Gasteiger partial charge in [-0.15, -0.1) is 0 Å². The third-order valence-corrected chi connectivity index (χ3v) is 4.44. The lowest BCUT2D eigenvalue weighted by molar-refractivity contribution is -0.117. The number of nitrogens with one attached hydrogen (secondary N) is 1. The fourth-order valence-electron chi connectivity index (χ4n) is 2.89. The van der Waals surface area contributed by atoms with Gasteiger partial charge in [-0.25, -0.2) is 0 Å². The van der Waals surface area contributed by atoms with Crippen molar-refractivity contribution in [3.63, 3.8) is 0 Å². The summed E-state index contributed by atoms with van der Waals surface area (Å²) < 4.78 is 7.09. The van der Waals surface area contributed by atoms with E-state index in [4.69, 9.17) is 4.74 Å². The molecule has 0 saturated carbocycles. The van der Waals surface area contributed by atoms with E-state index >= 15 is 0 Å². The maximum absolute atomic E-state index is 12.6. The highest BCUT2D eigenvalue weighted by atomic mass is 16.5. The van der Waals surface area contributed by atoms with E-state index in [1.54, 1.807) is 13.2 Å². The predicted molar refractivity (Wildman–Crippen MR) is 109 cm³/mol. The zero-order chi connectivity index (χ0) is 19.9. The monoisotopic (exact) mass is 371 g/mol. The molecule has 3 rings (SSSR count). The van der Waals surface area contributed by atoms with Crippen molar-refractivity contribution in [1.82, 2.24) is 9.88 Å². The van der Waals surface area contributed by atoms with Crippen molar-refractivity contribution >= 4 is 12.0 Å². The molecule has 0 aliphatic heterocycles. The normalized spacial score (nSPS) is 12.1. The number of carbonyl (C=O) groups is 1. The number of hydrogen-bond acceptors (Lipinski definition) is 3. The summed E-state index contributed by atoms with van der Waals surface area (Å²) in [5, 5.41) is 12.4. The molecule has 140 valence electrons. The van der Waals surface area contributed by atoms with Gasteiger partial charge in [0.05, 0.1) is 13.2 Å². The molecule has 1 atom stereocenters. The first-order valence-corrected chi connectivity index (χ1v) is 8.91. The second-order valence-electron chi connectivity index (χ2n) is 6.28. The Morgan fingerprint density at radius 3 is 2.46 bits per heavy atom. The minimum absolute atomic E-state index is 0.0521. The fourth-order valence-corrected chi connectivity index (χ4v) is 2.89. The third-order valence-electron chi connectivity index (χ3n) is 4.44. The van der Waals surface area contributed by atoms with Gasteiger partial charge in [0, 0.05) is 17.6 Å². The molecule has 0 unspecified atom stereocenters. The second-order valence-corrected chi connectivity index (χ2v) is 6.28. The molecule has 28 heavy (non-hydrogen) atoms. The molecule has 1 N–H and O–H groups in total. The molecule has 0 fully saturated rings. The van der Waals surface area contributed by atoms with Crippen molar-refractivity contribution in [2.75, 3.05) is 7.11 Å². The van der Waals surface area contributed by atoms with Crippen LogP contribution in [0.25, 0.3) is 11.8 Å². The lowest BCUT2D eigenvalue weighted by Crippen LogP contribution is -2.27. The quantitative estimate of drug-likeness (QED) is 0.520. The number of rotatable bonds is 6. The first kappa shape index (κ1) is 19.0. The van der Waals surface area contributed by atoms with E-state index in [0.717, 1.165) is 22.7 Å². The molecule has 0 spiro atoms. The molecule has 0 saturated heterocycles. The highest BCUT2D eigenvalue weighted by molar-refractivity contribution is 6.01. The van der Waals surface area contributed by atoms with Crippen LogP contribution < -0.4 is 10.1 Å². The number of benzene rings is 2. The number of nitrogens with zero attached hydrogens (tertiary/aromatic N) is 2. The van der Waals surface area contributed by atoms with Gasteiger partial charge >= 0.3 is 0 Å². The van der Waals surface area contributed by atoms with Crippen LogP contribution in [0, 0.1) is 11.3 Å². The highest BCUT2D eigenvalue weighted by Gasteiger charge is 2.14. The molecule has 0 aliphatic rings. The van der Waals surface area contributed by atoms with Crippen LogP contribution in [0.4, 0.5) is 0 Å². The molecule has 1 aromatic heterocycles. The number of amides is 1. The molecule has 3 aromatic rings. The van der Waals surface area contributed by atoms with Gasteiger partial charge in [-0.2, -0.15) is 5.26 Å². The van der Waals surface area contributed by atoms with Crippen molar-refractivity contribution in [1.29, 1.82) is 5.26 Å². The van der Waals surface area contributed by atoms with Crippen LogP contribution in [0.1, 0.15) is 24.2 Å². The number of nitriles is 1. The minimum atomic E-state index is -0.402. The van der Waals surface area contributed by atoms with Gasteiger partial charge in [0.25, 0.3) is 5.91 Å². The Kier molecular flexibility index (Phi) is 5.93. The topological polar surface area (TPSA) is 67.0 Å². The Balaban J connectivity index is 1.82. The number of methoxy groups -OCH3 is 1. The van der Waals surface area contributed by atoms with Crippen LogP contribution in [0.15, 0.2) is 78.5 Å². The van der Waals surface area contributed by atoms with Crippen LogP contribution in [-0.2, 0) is 4.79 Å². The van der Waals surface area contributed by atoms with Gasteiger partial charge in [0.2, 0.25) is 0 Å². The number of ether oxygens (including phenoxy) is 1. The number of aromatic nitrogens is 1. The van der Waals surface area contributed by atoms with Gasteiger partial charge in [0.1, 0.15) is 17.4 Å². The Morgan fingerprint density at radius 2 is 1.82 bits per heavy atom. The van der Waals surface area contributed by atoms with Gasteiger partial charge < -0.3 is 14.6 Å². The molecule has 5 nitrogen and oxygen atoms in total. The summed E-state index contributed by atoms with van der Waals surface area (Å²) in [6.45, 7) is 1.89. The van der Waals surface area contributed by atoms with Gasteiger partial charge in [-0.1, -0.05) is 30.3 Å². The van der Waals surface area contributed by atoms with Crippen LogP contribution >= 0.6 is 0 Å². The summed E-state index contributed by atoms with van der Waals surface area (Å²) in [5.41, 5.74) is 2.68. The van der Waals surface area contributed by atoms with E-state index in [1.165, 1.54) is 0 Å². The first-order valence-electron chi connectivity index (χ1n) is 8.91. The molecule has 1 heterocycles. The van der Waals surface area contributed by atoms with Gasteiger partial charge in [0.15, 0.2) is 0 Å². The van der Waals surface area contributed by atoms with E-state index in [-0.39, 0.29) is 11.6 Å². The standard InChI is InChI=1S/C23H21N3O2/c1-17(18-7-4-3-5-8-18)25-23(27)19(16-24)15-21-9-6-14-26(21)20-10-12-22(28-2)13-11-20/h3-15,17H,1-2H3,(H,25,27)/b19-15-/t17-/m0/s1. The van der Waals surface area contributed by atoms with Crippen LogP contribution in [0.3, 0.4) is 0 Å². The van der Waals surface area contributed by atoms with Crippen molar-refractivity contribution in [2.45, 2.75) is 13.0 Å². The Morgan fingerprint density at radius 1 is 1.11 bits per heavy atom. The molecule has 1 amide bonds. The molecule has 0 radical (unpaired) electrons. The van der Waals surface area contributed by atoms with Crippen molar-refractivity contribution < 1.29 is 9.53 Å². The maximum Gasteiger partial charge on any atom is 0.262 e. The van der Waals surface area contributed by atoms with Crippen molar-refractivity contribution in [3.8, 4) is 17.5 Å². The van der Waals surface area contributed by atoms with Crippen molar-refractivity contribution in [3.05, 3.63) is 89.8 Å². The van der Waals surface area contributed by atoms with E-state index in [2.05, 4.69) is 5.32 Å². The molecule has 2 aromatic carbocycles. The van der Waals surface area contributed by atoms with Crippen molar-refractivity contribution in [2.24, 2.45) is 0 Å². The van der Waals surface area contributed by atoms with Crippen LogP contribution in [0.5, 0.6) is 5.75 Å². The zero-order valence-electron chi connectivity index (χ0n) is 15.8. The first-order chi connectivity index (χ1) is 13.6. The van der Waals surface area contributed by atoms with E-state index in [9.17, 15) is 10.1 Å². The third kappa shape index (κ3) is 4.30. The van der Waals surface area contributed by atoms with E-state index in [1.807, 2.05) is 90.5 Å². The van der Waals surface area contributed by atoms with Crippen LogP contribution in [-0.4, -0.2) is 17.6 Å². The number of carbonyl (C=O) groups excluding carboxylic acids is 1. The lowest BCUT2D eigenvalue weighted by Gasteiger charge is -2.14. The van der Waals surface area contributed by atoms with E-state index < -0.39 is 5.91 Å². The molecule has 0 bridgehead atoms. The average Bonchev–Trinajstić information content (AvgIpc) is 3.20. The Labute approximate surface area is 164 Å². The molecule has 5 heteroatoms. The molecular weight excluding hydrogens is 350 g/mol. The Bertz CT molecular complexity index is 1010. The summed E-state index contributed by atoms with van der Waals surface area (Å²) >= 11 is 0. The van der Waals surface area contributed by atoms with Crippen LogP contribution in [0.2, 0.25) is 0 Å². The molecule has 0 aliphatic carbocycles. The summed E-state index contributed by atoms with van der Waals surface area (Å²) in [7, 11) is 1.62. The predicted octanol–water partition coefficient (Wildman–Crippen LogP) is 4.27. The average molecular weight is 371 g/mol. The minimum Gasteiger partial charge on any atom is -0.497 e. The maximum atomic E-state index is 12.6. The fraction of sp³-hybridized carbons (Fsp3) is 0.130. The summed E-state index contributed by atoms with van der Waals surface area (Å²) in [5.74, 6) is 0.362. The zero-order valence-corrected chi connectivity index (χ0v) is 15.8. The lowest BCUT2D eigenvalue weighted by atomic mass is 10.1. The second kappa shape index (κ2) is 8.74. The smallest absolute Gasteiger partial charge is 0.262 e. The number of hydrogen-bond donors (Lipinski definition) is 1. The highest BCUT2D eigenvalue weighted by Crippen LogP contribution is 2.19. The van der Waals surface area contributed by atoms with Gasteiger partial charge in [-0.05, 0) is 55.0 Å². The summed E-state index contributed by atoms with van der Waals surface area (Å²) in [4.78, 5) is 12.6. The van der Waals surface area contributed by atoms with E-state index in [0.29, 0.717) is 0 Å². The molecular formula is C23H21N3O2. The Hall–Kier alpha value is -3.78.